The minimum atomic E-state index is -0.269. The molecule has 0 aliphatic heterocycles. The van der Waals surface area contributed by atoms with Crippen LogP contribution in [-0.4, -0.2) is 11.2 Å². The minimum Gasteiger partial charge on any atom is -0.392 e. The lowest BCUT2D eigenvalue weighted by Gasteiger charge is -1.91. The molecule has 0 saturated heterocycles. The van der Waals surface area contributed by atoms with Crippen molar-refractivity contribution in [2.75, 3.05) is 0 Å². The molecule has 1 unspecified atom stereocenters. The zero-order valence-corrected chi connectivity index (χ0v) is 6.15. The first kappa shape index (κ1) is 8.52. The maximum Gasteiger partial charge on any atom is 0.0621 e. The average Bonchev–Trinajstić information content (AvgIpc) is 1.80. The molecule has 0 rings (SSSR count). The van der Waals surface area contributed by atoms with E-state index < -0.39 is 0 Å². The van der Waals surface area contributed by atoms with Crippen molar-refractivity contribution in [3.63, 3.8) is 0 Å². The van der Waals surface area contributed by atoms with Crippen LogP contribution < -0.4 is 0 Å². The fourth-order valence-electron chi connectivity index (χ4n) is 0.433. The molecule has 52 valence electrons. The van der Waals surface area contributed by atoms with Crippen molar-refractivity contribution in [1.82, 2.24) is 0 Å². The Hall–Kier alpha value is -0.480. The van der Waals surface area contributed by atoms with Gasteiger partial charge in [-0.25, -0.2) is 0 Å². The number of aliphatic hydroxyl groups excluding tert-OH is 1. The summed E-state index contributed by atoms with van der Waals surface area (Å²) in [5.41, 5.74) is 0. The number of hydrogen-bond donors (Lipinski definition) is 1. The zero-order chi connectivity index (χ0) is 7.11. The van der Waals surface area contributed by atoms with E-state index in [9.17, 15) is 0 Å². The van der Waals surface area contributed by atoms with Gasteiger partial charge in [0.1, 0.15) is 0 Å². The molecular weight excluding hydrogens is 112 g/mol. The molecule has 0 amide bonds. The Kier molecular flexibility index (Phi) is 5.35. The van der Waals surface area contributed by atoms with E-state index in [1.165, 1.54) is 0 Å². The summed E-state index contributed by atoms with van der Waals surface area (Å²) in [7, 11) is 0. The second-order valence-corrected chi connectivity index (χ2v) is 2.16. The van der Waals surface area contributed by atoms with Crippen molar-refractivity contribution in [1.29, 1.82) is 0 Å². The highest BCUT2D eigenvalue weighted by Crippen LogP contribution is 1.87. The smallest absolute Gasteiger partial charge is 0.0621 e. The molecule has 0 aromatic carbocycles. The summed E-state index contributed by atoms with van der Waals surface area (Å²) in [6.45, 7) is 3.84. The number of rotatable bonds is 2. The Bertz CT molecular complexity index is 105. The molecule has 0 aliphatic rings. The van der Waals surface area contributed by atoms with Crippen molar-refractivity contribution in [3.8, 4) is 11.8 Å². The van der Waals surface area contributed by atoms with E-state index in [4.69, 9.17) is 5.11 Å². The first-order valence-electron chi connectivity index (χ1n) is 3.41. The molecule has 1 heteroatoms. The Morgan fingerprint density at radius 1 is 1.44 bits per heavy atom. The summed E-state index contributed by atoms with van der Waals surface area (Å²) >= 11 is 0. The van der Waals surface area contributed by atoms with Gasteiger partial charge in [-0.2, -0.15) is 0 Å². The predicted octanol–water partition coefficient (Wildman–Crippen LogP) is 1.56. The molecule has 0 fully saturated rings. The van der Waals surface area contributed by atoms with E-state index in [1.54, 1.807) is 6.92 Å². The lowest BCUT2D eigenvalue weighted by Crippen LogP contribution is -1.95. The summed E-state index contributed by atoms with van der Waals surface area (Å²) in [5.74, 6) is 5.84. The Labute approximate surface area is 57.1 Å². The molecule has 0 heterocycles. The maximum atomic E-state index is 8.75. The van der Waals surface area contributed by atoms with Crippen LogP contribution in [0.25, 0.3) is 0 Å². The quantitative estimate of drug-likeness (QED) is 0.557. The van der Waals surface area contributed by atoms with Gasteiger partial charge in [0.2, 0.25) is 0 Å². The molecule has 0 spiro atoms. The standard InChI is InChI=1S/C8H14O/c1-3-4-5-6-7-8(2)9/h8-9H,3-4,7H2,1-2H3. The topological polar surface area (TPSA) is 20.2 Å². The van der Waals surface area contributed by atoms with Crippen LogP contribution in [0.3, 0.4) is 0 Å². The lowest BCUT2D eigenvalue weighted by atomic mass is 10.2. The van der Waals surface area contributed by atoms with Gasteiger partial charge in [-0.15, -0.1) is 11.8 Å². The number of unbranched alkanes of at least 4 members (excludes halogenated alkanes) is 1. The Balaban J connectivity index is 3.16. The van der Waals surface area contributed by atoms with Crippen molar-refractivity contribution < 1.29 is 5.11 Å². The van der Waals surface area contributed by atoms with E-state index in [1.807, 2.05) is 0 Å². The maximum absolute atomic E-state index is 8.75. The highest BCUT2D eigenvalue weighted by atomic mass is 16.3. The van der Waals surface area contributed by atoms with Crippen molar-refractivity contribution in [2.24, 2.45) is 0 Å². The Morgan fingerprint density at radius 3 is 2.56 bits per heavy atom. The highest BCUT2D eigenvalue weighted by molar-refractivity contribution is 4.99. The van der Waals surface area contributed by atoms with E-state index >= 15 is 0 Å². The first-order valence-corrected chi connectivity index (χ1v) is 3.41. The van der Waals surface area contributed by atoms with Gasteiger partial charge >= 0.3 is 0 Å². The third-order valence-corrected chi connectivity index (χ3v) is 0.897. The largest absolute Gasteiger partial charge is 0.392 e. The zero-order valence-electron chi connectivity index (χ0n) is 6.15. The molecule has 1 N–H and O–H groups in total. The molecule has 1 atom stereocenters. The third-order valence-electron chi connectivity index (χ3n) is 0.897. The van der Waals surface area contributed by atoms with Crippen molar-refractivity contribution in [2.45, 2.75) is 39.2 Å². The fraction of sp³-hybridized carbons (Fsp3) is 0.750. The van der Waals surface area contributed by atoms with Crippen LogP contribution in [-0.2, 0) is 0 Å². The minimum absolute atomic E-state index is 0.269. The molecular formula is C8H14O. The molecule has 0 aliphatic carbocycles. The molecule has 0 radical (unpaired) electrons. The fourth-order valence-corrected chi connectivity index (χ4v) is 0.433. The number of hydrogen-bond acceptors (Lipinski definition) is 1. The molecule has 9 heavy (non-hydrogen) atoms. The third kappa shape index (κ3) is 7.52. The summed E-state index contributed by atoms with van der Waals surface area (Å²) in [6, 6.07) is 0. The highest BCUT2D eigenvalue weighted by Gasteiger charge is 1.86. The van der Waals surface area contributed by atoms with E-state index in [0.29, 0.717) is 6.42 Å². The van der Waals surface area contributed by atoms with E-state index in [0.717, 1.165) is 12.8 Å². The average molecular weight is 126 g/mol. The van der Waals surface area contributed by atoms with Crippen LogP contribution in [0.2, 0.25) is 0 Å². The molecule has 0 bridgehead atoms. The van der Waals surface area contributed by atoms with Gasteiger partial charge in [0.25, 0.3) is 0 Å². The van der Waals surface area contributed by atoms with E-state index in [-0.39, 0.29) is 6.10 Å². The molecule has 0 aromatic heterocycles. The summed E-state index contributed by atoms with van der Waals surface area (Å²) in [5, 5.41) is 8.75. The van der Waals surface area contributed by atoms with Crippen LogP contribution in [0.5, 0.6) is 0 Å². The second kappa shape index (κ2) is 5.65. The van der Waals surface area contributed by atoms with Crippen molar-refractivity contribution >= 4 is 0 Å². The first-order chi connectivity index (χ1) is 4.27. The molecule has 1 nitrogen and oxygen atoms in total. The van der Waals surface area contributed by atoms with Gasteiger partial charge in [0.05, 0.1) is 6.10 Å². The summed E-state index contributed by atoms with van der Waals surface area (Å²) in [4.78, 5) is 0. The van der Waals surface area contributed by atoms with Gasteiger partial charge in [-0.3, -0.25) is 0 Å². The van der Waals surface area contributed by atoms with Crippen LogP contribution in [0.1, 0.15) is 33.1 Å². The normalized spacial score (nSPS) is 11.9. The summed E-state index contributed by atoms with van der Waals surface area (Å²) in [6.07, 6.45) is 2.40. The lowest BCUT2D eigenvalue weighted by molar-refractivity contribution is 0.201. The van der Waals surface area contributed by atoms with Gasteiger partial charge < -0.3 is 5.11 Å². The van der Waals surface area contributed by atoms with Gasteiger partial charge in [-0.1, -0.05) is 6.92 Å². The Morgan fingerprint density at radius 2 is 2.11 bits per heavy atom. The van der Waals surface area contributed by atoms with E-state index in [2.05, 4.69) is 18.8 Å². The van der Waals surface area contributed by atoms with Crippen LogP contribution in [0.15, 0.2) is 0 Å². The number of aliphatic hydroxyl groups is 1. The second-order valence-electron chi connectivity index (χ2n) is 2.16. The van der Waals surface area contributed by atoms with Crippen LogP contribution in [0.4, 0.5) is 0 Å². The van der Waals surface area contributed by atoms with Crippen molar-refractivity contribution in [3.05, 3.63) is 0 Å². The SMILES string of the molecule is CCCC#CCC(C)O. The van der Waals surface area contributed by atoms with Gasteiger partial charge in [0, 0.05) is 12.8 Å². The predicted molar refractivity (Wildman–Crippen MR) is 39.0 cm³/mol. The molecule has 0 saturated carbocycles. The summed E-state index contributed by atoms with van der Waals surface area (Å²) < 4.78 is 0. The molecule has 0 aromatic rings. The van der Waals surface area contributed by atoms with Crippen LogP contribution >= 0.6 is 0 Å². The van der Waals surface area contributed by atoms with Gasteiger partial charge in [-0.05, 0) is 13.3 Å². The van der Waals surface area contributed by atoms with Gasteiger partial charge in [0.15, 0.2) is 0 Å². The van der Waals surface area contributed by atoms with Crippen LogP contribution in [0, 0.1) is 11.8 Å². The monoisotopic (exact) mass is 126 g/mol.